The maximum absolute atomic E-state index is 13.1. The molecule has 1 fully saturated rings. The summed E-state index contributed by atoms with van der Waals surface area (Å²) in [6.07, 6.45) is 3.61. The average molecular weight is 511 g/mol. The van der Waals surface area contributed by atoms with E-state index in [-0.39, 0.29) is 30.2 Å². The van der Waals surface area contributed by atoms with Crippen LogP contribution in [0.4, 0.5) is 5.95 Å². The largest absolute Gasteiger partial charge is 0.497 e. The predicted molar refractivity (Wildman–Crippen MR) is 140 cm³/mol. The van der Waals surface area contributed by atoms with Crippen LogP contribution in [0.25, 0.3) is 16.9 Å². The van der Waals surface area contributed by atoms with Crippen LogP contribution < -0.4 is 14.8 Å². The number of ether oxygens (including phenoxy) is 2. The number of methoxy groups -OCH3 is 2. The topological polar surface area (TPSA) is 85.7 Å². The van der Waals surface area contributed by atoms with E-state index in [4.69, 9.17) is 26.1 Å². The minimum absolute atomic E-state index is 0.0297. The molecule has 2 aromatic carbocycles. The van der Waals surface area contributed by atoms with E-state index in [0.717, 1.165) is 18.4 Å². The number of nitrogens with one attached hydrogen (secondary N) is 1. The number of nitrogens with zero attached hydrogens (tertiary/aromatic N) is 3. The number of carbonyl (C=O) groups excluding carboxylic acids is 2. The molecule has 4 rings (SSSR count). The molecule has 0 atom stereocenters. The van der Waals surface area contributed by atoms with E-state index < -0.39 is 0 Å². The molecule has 0 saturated heterocycles. The smallest absolute Gasteiger partial charge is 0.246 e. The number of amides is 2. The van der Waals surface area contributed by atoms with Gasteiger partial charge in [0, 0.05) is 47.4 Å². The fraction of sp³-hybridized carbons (Fsp3) is 0.370. The molecule has 0 aliphatic heterocycles. The molecule has 9 heteroatoms. The van der Waals surface area contributed by atoms with Crippen LogP contribution in [0.15, 0.2) is 48.7 Å². The highest BCUT2D eigenvalue weighted by atomic mass is 35.5. The lowest BCUT2D eigenvalue weighted by molar-refractivity contribution is -0.136. The maximum atomic E-state index is 13.1. The zero-order valence-electron chi connectivity index (χ0n) is 21.0. The predicted octanol–water partition coefficient (Wildman–Crippen LogP) is 5.04. The third-order valence-electron chi connectivity index (χ3n) is 5.87. The highest BCUT2D eigenvalue weighted by molar-refractivity contribution is 6.30. The third kappa shape index (κ3) is 6.18. The van der Waals surface area contributed by atoms with Crippen LogP contribution in [0.5, 0.6) is 11.5 Å². The van der Waals surface area contributed by atoms with E-state index in [1.54, 1.807) is 41.9 Å². The molecule has 0 bridgehead atoms. The van der Waals surface area contributed by atoms with E-state index >= 15 is 0 Å². The van der Waals surface area contributed by atoms with Crippen molar-refractivity contribution in [1.82, 2.24) is 14.5 Å². The van der Waals surface area contributed by atoms with Crippen molar-refractivity contribution in [3.63, 3.8) is 0 Å². The van der Waals surface area contributed by atoms with Crippen LogP contribution in [0.2, 0.25) is 5.02 Å². The number of hydrogen-bond acceptors (Lipinski definition) is 5. The molecule has 0 unspecified atom stereocenters. The first kappa shape index (κ1) is 25.6. The summed E-state index contributed by atoms with van der Waals surface area (Å²) in [6, 6.07) is 12.7. The van der Waals surface area contributed by atoms with Crippen molar-refractivity contribution in [2.45, 2.75) is 26.7 Å². The van der Waals surface area contributed by atoms with Gasteiger partial charge in [0.25, 0.3) is 0 Å². The van der Waals surface area contributed by atoms with Gasteiger partial charge in [0.1, 0.15) is 11.5 Å². The van der Waals surface area contributed by atoms with Gasteiger partial charge in [-0.15, -0.1) is 0 Å². The summed E-state index contributed by atoms with van der Waals surface area (Å²) < 4.78 is 12.6. The van der Waals surface area contributed by atoms with Gasteiger partial charge in [-0.1, -0.05) is 37.6 Å². The number of halogens is 1. The molecule has 1 saturated carbocycles. The summed E-state index contributed by atoms with van der Waals surface area (Å²) in [7, 11) is 3.16. The second kappa shape index (κ2) is 11.0. The molecule has 8 nitrogen and oxygen atoms in total. The van der Waals surface area contributed by atoms with Gasteiger partial charge in [-0.2, -0.15) is 0 Å². The number of imidazole rings is 1. The Hall–Kier alpha value is -3.52. The Labute approximate surface area is 216 Å². The Morgan fingerprint density at radius 2 is 1.75 bits per heavy atom. The van der Waals surface area contributed by atoms with Gasteiger partial charge in [0.2, 0.25) is 17.8 Å². The summed E-state index contributed by atoms with van der Waals surface area (Å²) in [5, 5.41) is 3.53. The van der Waals surface area contributed by atoms with Crippen molar-refractivity contribution >= 4 is 29.4 Å². The number of aromatic nitrogens is 2. The number of carbonyl (C=O) groups is 2. The average Bonchev–Trinajstić information content (AvgIpc) is 3.63. The molecular formula is C27H31ClN4O4. The van der Waals surface area contributed by atoms with E-state index in [0.29, 0.717) is 40.4 Å². The number of hydrogen-bond donors (Lipinski definition) is 1. The summed E-state index contributed by atoms with van der Waals surface area (Å²) in [6.45, 7) is 4.57. The highest BCUT2D eigenvalue weighted by Crippen LogP contribution is 2.32. The standard InChI is InChI=1S/C27H31ClN4O4/c1-17(2)14-31(26(34)19-5-6-19)16-25(33)30-27-29-24(18-7-9-20(28)10-8-18)15-32(27)21-11-22(35-3)13-23(12-21)36-4/h7-13,15,17,19H,5-6,14,16H2,1-4H3,(H,29,30,33). The maximum Gasteiger partial charge on any atom is 0.246 e. The fourth-order valence-corrected chi connectivity index (χ4v) is 4.08. The number of rotatable bonds is 10. The fourth-order valence-electron chi connectivity index (χ4n) is 3.96. The van der Waals surface area contributed by atoms with E-state index in [2.05, 4.69) is 5.32 Å². The van der Waals surface area contributed by atoms with Crippen molar-refractivity contribution < 1.29 is 19.1 Å². The highest BCUT2D eigenvalue weighted by Gasteiger charge is 2.34. The summed E-state index contributed by atoms with van der Waals surface area (Å²) in [5.74, 6) is 1.55. The van der Waals surface area contributed by atoms with Crippen LogP contribution in [0.3, 0.4) is 0 Å². The van der Waals surface area contributed by atoms with Crippen LogP contribution in [0, 0.1) is 11.8 Å². The van der Waals surface area contributed by atoms with Gasteiger partial charge in [-0.25, -0.2) is 4.98 Å². The van der Waals surface area contributed by atoms with Crippen molar-refractivity contribution in [3.05, 3.63) is 53.7 Å². The van der Waals surface area contributed by atoms with Crippen LogP contribution >= 0.6 is 11.6 Å². The lowest BCUT2D eigenvalue weighted by Gasteiger charge is -2.24. The minimum atomic E-state index is -0.311. The first-order valence-corrected chi connectivity index (χ1v) is 12.3. The normalized spacial score (nSPS) is 12.9. The lowest BCUT2D eigenvalue weighted by Crippen LogP contribution is -2.41. The number of benzene rings is 2. The molecule has 190 valence electrons. The second-order valence-corrected chi connectivity index (χ2v) is 9.77. The second-order valence-electron chi connectivity index (χ2n) is 9.33. The third-order valence-corrected chi connectivity index (χ3v) is 6.12. The monoisotopic (exact) mass is 510 g/mol. The molecule has 1 N–H and O–H groups in total. The zero-order valence-corrected chi connectivity index (χ0v) is 21.7. The van der Waals surface area contributed by atoms with Gasteiger partial charge < -0.3 is 14.4 Å². The van der Waals surface area contributed by atoms with E-state index in [9.17, 15) is 9.59 Å². The first-order chi connectivity index (χ1) is 17.3. The van der Waals surface area contributed by atoms with Crippen LogP contribution in [-0.4, -0.2) is 53.6 Å². The zero-order chi connectivity index (χ0) is 25.8. The molecule has 0 spiro atoms. The van der Waals surface area contributed by atoms with E-state index in [1.165, 1.54) is 0 Å². The molecule has 36 heavy (non-hydrogen) atoms. The summed E-state index contributed by atoms with van der Waals surface area (Å²) >= 11 is 6.06. The molecule has 3 aromatic rings. The Balaban J connectivity index is 1.67. The Bertz CT molecular complexity index is 1210. The molecule has 2 amide bonds. The van der Waals surface area contributed by atoms with E-state index in [1.807, 2.05) is 44.3 Å². The van der Waals surface area contributed by atoms with Crippen molar-refractivity contribution in [3.8, 4) is 28.4 Å². The van der Waals surface area contributed by atoms with Gasteiger partial charge in [-0.05, 0) is 30.9 Å². The first-order valence-electron chi connectivity index (χ1n) is 11.9. The van der Waals surface area contributed by atoms with Gasteiger partial charge in [0.15, 0.2) is 0 Å². The van der Waals surface area contributed by atoms with Gasteiger partial charge in [-0.3, -0.25) is 19.5 Å². The lowest BCUT2D eigenvalue weighted by atomic mass is 10.2. The molecular weight excluding hydrogens is 480 g/mol. The minimum Gasteiger partial charge on any atom is -0.497 e. The molecule has 1 aromatic heterocycles. The Kier molecular flexibility index (Phi) is 7.84. The van der Waals surface area contributed by atoms with Crippen molar-refractivity contribution in [2.75, 3.05) is 32.6 Å². The quantitative estimate of drug-likeness (QED) is 0.413. The van der Waals surface area contributed by atoms with Gasteiger partial charge >= 0.3 is 0 Å². The Morgan fingerprint density at radius 3 is 2.31 bits per heavy atom. The SMILES string of the molecule is COc1cc(OC)cc(-n2cc(-c3ccc(Cl)cc3)nc2NC(=O)CN(CC(C)C)C(=O)C2CC2)c1. The van der Waals surface area contributed by atoms with Crippen LogP contribution in [0.1, 0.15) is 26.7 Å². The molecule has 0 radical (unpaired) electrons. The van der Waals surface area contributed by atoms with Crippen LogP contribution in [-0.2, 0) is 9.59 Å². The Morgan fingerprint density at radius 1 is 1.11 bits per heavy atom. The van der Waals surface area contributed by atoms with Crippen molar-refractivity contribution in [2.24, 2.45) is 11.8 Å². The van der Waals surface area contributed by atoms with Crippen molar-refractivity contribution in [1.29, 1.82) is 0 Å². The molecule has 1 heterocycles. The molecule has 1 aliphatic rings. The number of anilines is 1. The molecule has 1 aliphatic carbocycles. The summed E-state index contributed by atoms with van der Waals surface area (Å²) in [5.41, 5.74) is 2.19. The van der Waals surface area contributed by atoms with Gasteiger partial charge in [0.05, 0.1) is 32.1 Å². The summed E-state index contributed by atoms with van der Waals surface area (Å²) in [4.78, 5) is 32.3.